The first kappa shape index (κ1) is 32.9. The topological polar surface area (TPSA) is 90.4 Å². The summed E-state index contributed by atoms with van der Waals surface area (Å²) < 4.78 is 7.02. The van der Waals surface area contributed by atoms with E-state index in [4.69, 9.17) is 4.74 Å². The van der Waals surface area contributed by atoms with Gasteiger partial charge >= 0.3 is 0 Å². The molecule has 0 aliphatic carbocycles. The average Bonchev–Trinajstić information content (AvgIpc) is 3.59. The van der Waals surface area contributed by atoms with Gasteiger partial charge in [0.2, 0.25) is 11.8 Å². The van der Waals surface area contributed by atoms with Gasteiger partial charge in [-0.2, -0.15) is 0 Å². The molecule has 4 rings (SSSR count). The lowest BCUT2D eigenvalue weighted by Crippen LogP contribution is -2.57. The van der Waals surface area contributed by atoms with E-state index in [1.54, 1.807) is 26.9 Å². The molecule has 236 valence electrons. The van der Waals surface area contributed by atoms with Crippen molar-refractivity contribution in [1.82, 2.24) is 9.80 Å². The van der Waals surface area contributed by atoms with Crippen LogP contribution in [0, 0.1) is 25.7 Å². The van der Waals surface area contributed by atoms with Crippen LogP contribution < -0.4 is 4.90 Å². The highest BCUT2D eigenvalue weighted by Crippen LogP contribution is 2.64. The van der Waals surface area contributed by atoms with E-state index in [2.05, 4.69) is 13.2 Å². The van der Waals surface area contributed by atoms with Gasteiger partial charge in [-0.05, 0) is 63.5 Å². The molecule has 1 aromatic carbocycles. The first-order valence-electron chi connectivity index (χ1n) is 16.2. The predicted octanol–water partition coefficient (Wildman–Crippen LogP) is 4.95. The number of nitrogens with zero attached hydrogens (tertiary/aromatic N) is 3. The molecule has 3 aliphatic heterocycles. The van der Waals surface area contributed by atoms with E-state index in [1.165, 1.54) is 0 Å². The Kier molecular flexibility index (Phi) is 10.5. The number of ether oxygens (including phenoxy) is 1. The van der Waals surface area contributed by atoms with Gasteiger partial charge in [0.25, 0.3) is 5.91 Å². The normalized spacial score (nSPS) is 27.3. The number of aryl methyl sites for hydroxylation is 2. The Morgan fingerprint density at radius 2 is 1.72 bits per heavy atom. The highest BCUT2D eigenvalue weighted by atomic mass is 16.5. The Balaban J connectivity index is 1.81. The highest BCUT2D eigenvalue weighted by molar-refractivity contribution is 6.05. The van der Waals surface area contributed by atoms with Crippen molar-refractivity contribution in [1.29, 1.82) is 0 Å². The molecular weight excluding hydrogens is 542 g/mol. The molecule has 8 heteroatoms. The monoisotopic (exact) mass is 593 g/mol. The minimum Gasteiger partial charge on any atom is -0.396 e. The molecule has 0 saturated carbocycles. The first-order valence-corrected chi connectivity index (χ1v) is 16.2. The van der Waals surface area contributed by atoms with Crippen LogP contribution >= 0.6 is 0 Å². The van der Waals surface area contributed by atoms with Gasteiger partial charge in [-0.15, -0.1) is 13.2 Å². The molecule has 3 fully saturated rings. The number of carbonyl (C=O) groups is 3. The fraction of sp³-hybridized carbons (Fsp3) is 0.629. The number of unbranched alkanes of at least 4 members (excludes halogenated alkanes) is 3. The molecule has 8 nitrogen and oxygen atoms in total. The maximum atomic E-state index is 14.9. The van der Waals surface area contributed by atoms with Gasteiger partial charge in [-0.25, -0.2) is 0 Å². The molecule has 3 saturated heterocycles. The Morgan fingerprint density at radius 1 is 1.05 bits per heavy atom. The molecule has 43 heavy (non-hydrogen) atoms. The van der Waals surface area contributed by atoms with E-state index >= 15 is 0 Å². The fourth-order valence-electron chi connectivity index (χ4n) is 8.07. The zero-order valence-corrected chi connectivity index (χ0v) is 26.6. The number of hydrogen-bond acceptors (Lipinski definition) is 5. The molecule has 5 atom stereocenters. The van der Waals surface area contributed by atoms with Crippen LogP contribution in [0.25, 0.3) is 0 Å². The number of anilines is 1. The third-order valence-electron chi connectivity index (χ3n) is 9.93. The third kappa shape index (κ3) is 5.68. The standard InChI is InChI=1S/C35H51N3O5/c1-7-20-36(21-8-2)31(40)27-28-32(41)38(23-13-11-12-14-24-39)30(35(28)19-18-34(27,10-4)43-35)33(42)37(22-9-3)29-25(5)16-15-17-26(29)6/h7,9,15-17,27-28,30,39H,1,3,8,10-14,18-24H2,2,4-6H3/t27-,28-,30?,34+,35?/m0/s1. The van der Waals surface area contributed by atoms with Crippen molar-refractivity contribution in [3.8, 4) is 0 Å². The van der Waals surface area contributed by atoms with Crippen molar-refractivity contribution in [3.63, 3.8) is 0 Å². The molecule has 0 radical (unpaired) electrons. The van der Waals surface area contributed by atoms with Crippen molar-refractivity contribution in [2.45, 2.75) is 96.3 Å². The van der Waals surface area contributed by atoms with Gasteiger partial charge in [0.15, 0.2) is 0 Å². The quantitative estimate of drug-likeness (QED) is 0.216. The van der Waals surface area contributed by atoms with Crippen LogP contribution in [0.15, 0.2) is 43.5 Å². The smallest absolute Gasteiger partial charge is 0.253 e. The Labute approximate surface area is 257 Å². The Morgan fingerprint density at radius 3 is 2.33 bits per heavy atom. The Hall–Kier alpha value is -2.97. The summed E-state index contributed by atoms with van der Waals surface area (Å²) in [4.78, 5) is 49.1. The Bertz CT molecular complexity index is 1200. The van der Waals surface area contributed by atoms with Crippen LogP contribution in [0.2, 0.25) is 0 Å². The van der Waals surface area contributed by atoms with Crippen LogP contribution in [-0.4, -0.2) is 82.7 Å². The molecule has 0 aromatic heterocycles. The number of likely N-dealkylation sites (tertiary alicyclic amines) is 1. The largest absolute Gasteiger partial charge is 0.396 e. The summed E-state index contributed by atoms with van der Waals surface area (Å²) in [5, 5.41) is 9.25. The predicted molar refractivity (Wildman–Crippen MR) is 170 cm³/mol. The molecule has 1 aromatic rings. The van der Waals surface area contributed by atoms with Crippen LogP contribution in [0.5, 0.6) is 0 Å². The summed E-state index contributed by atoms with van der Waals surface area (Å²) in [6.07, 6.45) is 9.13. The lowest BCUT2D eigenvalue weighted by Gasteiger charge is -2.37. The first-order chi connectivity index (χ1) is 20.7. The zero-order valence-electron chi connectivity index (χ0n) is 26.6. The number of aliphatic hydroxyl groups excluding tert-OH is 1. The van der Waals surface area contributed by atoms with Crippen LogP contribution in [-0.2, 0) is 19.1 Å². The number of aliphatic hydroxyl groups is 1. The lowest BCUT2D eigenvalue weighted by atomic mass is 9.64. The maximum absolute atomic E-state index is 14.9. The number of benzene rings is 1. The maximum Gasteiger partial charge on any atom is 0.253 e. The number of amides is 3. The minimum atomic E-state index is -1.07. The zero-order chi connectivity index (χ0) is 31.4. The molecule has 1 N–H and O–H groups in total. The van der Waals surface area contributed by atoms with E-state index in [0.717, 1.165) is 36.1 Å². The van der Waals surface area contributed by atoms with Gasteiger partial charge < -0.3 is 24.5 Å². The number of para-hydroxylation sites is 1. The summed E-state index contributed by atoms with van der Waals surface area (Å²) in [5.41, 5.74) is 0.917. The molecule has 2 unspecified atom stereocenters. The molecule has 3 heterocycles. The van der Waals surface area contributed by atoms with Crippen LogP contribution in [0.3, 0.4) is 0 Å². The van der Waals surface area contributed by atoms with E-state index in [1.807, 2.05) is 45.9 Å². The van der Waals surface area contributed by atoms with Gasteiger partial charge in [-0.1, -0.05) is 57.0 Å². The summed E-state index contributed by atoms with van der Waals surface area (Å²) in [6, 6.07) is 5.12. The number of carbonyl (C=O) groups excluding carboxylic acids is 3. The highest BCUT2D eigenvalue weighted by Gasteiger charge is 2.79. The summed E-state index contributed by atoms with van der Waals surface area (Å²) >= 11 is 0. The fourth-order valence-corrected chi connectivity index (χ4v) is 8.07. The second kappa shape index (κ2) is 13.8. The molecule has 3 aliphatic rings. The van der Waals surface area contributed by atoms with Crippen molar-refractivity contribution in [3.05, 3.63) is 54.6 Å². The van der Waals surface area contributed by atoms with Crippen LogP contribution in [0.4, 0.5) is 5.69 Å². The van der Waals surface area contributed by atoms with Crippen LogP contribution in [0.1, 0.15) is 76.3 Å². The minimum absolute atomic E-state index is 0.0720. The van der Waals surface area contributed by atoms with E-state index in [0.29, 0.717) is 58.3 Å². The third-order valence-corrected chi connectivity index (χ3v) is 9.93. The van der Waals surface area contributed by atoms with E-state index < -0.39 is 29.1 Å². The van der Waals surface area contributed by atoms with E-state index in [9.17, 15) is 19.5 Å². The van der Waals surface area contributed by atoms with Gasteiger partial charge in [0.05, 0.1) is 17.4 Å². The molecule has 2 bridgehead atoms. The average molecular weight is 594 g/mol. The summed E-state index contributed by atoms with van der Waals surface area (Å²) in [5.74, 6) is -1.76. The number of rotatable bonds is 16. The van der Waals surface area contributed by atoms with Gasteiger partial charge in [-0.3, -0.25) is 14.4 Å². The van der Waals surface area contributed by atoms with E-state index in [-0.39, 0.29) is 24.3 Å². The van der Waals surface area contributed by atoms with Crippen molar-refractivity contribution in [2.75, 3.05) is 37.7 Å². The SMILES string of the molecule is C=CCN(CCC)C(=O)[C@@H]1[C@H]2C(=O)N(CCCCCCO)C(C(=O)N(CC=C)c3c(C)cccc3C)C23CC[C@@]1(CC)O3. The van der Waals surface area contributed by atoms with Gasteiger partial charge in [0.1, 0.15) is 11.6 Å². The lowest BCUT2D eigenvalue weighted by molar-refractivity contribution is -0.151. The second-order valence-electron chi connectivity index (χ2n) is 12.6. The van der Waals surface area contributed by atoms with Crippen molar-refractivity contribution in [2.24, 2.45) is 11.8 Å². The van der Waals surface area contributed by atoms with Gasteiger partial charge in [0, 0.05) is 38.5 Å². The molecule has 3 amide bonds. The second-order valence-corrected chi connectivity index (χ2v) is 12.6. The number of fused-ring (bicyclic) bond motifs is 1. The molecular formula is C35H51N3O5. The molecule has 1 spiro atoms. The van der Waals surface area contributed by atoms with Crippen molar-refractivity contribution >= 4 is 23.4 Å². The van der Waals surface area contributed by atoms with Crippen molar-refractivity contribution < 1.29 is 24.2 Å². The summed E-state index contributed by atoms with van der Waals surface area (Å²) in [7, 11) is 0. The number of hydrogen-bond donors (Lipinski definition) is 1. The summed E-state index contributed by atoms with van der Waals surface area (Å²) in [6.45, 7) is 17.7.